The zero-order chi connectivity index (χ0) is 24.2. The molecular formula is C34H26N2. The van der Waals surface area contributed by atoms with Gasteiger partial charge < -0.3 is 10.2 Å². The summed E-state index contributed by atoms with van der Waals surface area (Å²) < 4.78 is 0. The average Bonchev–Trinajstić information content (AvgIpc) is 2.95. The molecule has 0 aliphatic rings. The van der Waals surface area contributed by atoms with Gasteiger partial charge in [0.15, 0.2) is 0 Å². The molecule has 0 heterocycles. The second kappa shape index (κ2) is 9.81. The largest absolute Gasteiger partial charge is 0.356 e. The highest BCUT2D eigenvalue weighted by atomic mass is 15.1. The molecule has 172 valence electrons. The topological polar surface area (TPSA) is 15.3 Å². The van der Waals surface area contributed by atoms with Crippen molar-refractivity contribution in [2.24, 2.45) is 0 Å². The van der Waals surface area contributed by atoms with Crippen molar-refractivity contribution in [3.05, 3.63) is 152 Å². The van der Waals surface area contributed by atoms with Gasteiger partial charge in [0.25, 0.3) is 0 Å². The van der Waals surface area contributed by atoms with E-state index in [4.69, 9.17) is 0 Å². The fraction of sp³-hybridized carbons (Fsp3) is 0. The van der Waals surface area contributed by atoms with E-state index >= 15 is 0 Å². The Morgan fingerprint density at radius 3 is 1.53 bits per heavy atom. The lowest BCUT2D eigenvalue weighted by Gasteiger charge is -2.25. The van der Waals surface area contributed by atoms with Crippen LogP contribution in [0.4, 0.5) is 28.4 Å². The Balaban J connectivity index is 1.24. The molecule has 2 heteroatoms. The SMILES string of the molecule is c1ccc(N(c2ccccc2)c2ccc(Nc3ccc(-c4cccc5ccccc45)cc3)cc2)cc1. The van der Waals surface area contributed by atoms with Crippen LogP contribution in [-0.2, 0) is 0 Å². The van der Waals surface area contributed by atoms with Crippen molar-refractivity contribution in [2.75, 3.05) is 10.2 Å². The maximum absolute atomic E-state index is 3.55. The van der Waals surface area contributed by atoms with Gasteiger partial charge >= 0.3 is 0 Å². The summed E-state index contributed by atoms with van der Waals surface area (Å²) >= 11 is 0. The molecule has 2 nitrogen and oxygen atoms in total. The Kier molecular flexibility index (Phi) is 5.91. The Morgan fingerprint density at radius 2 is 0.889 bits per heavy atom. The second-order valence-electron chi connectivity index (χ2n) is 8.78. The summed E-state index contributed by atoms with van der Waals surface area (Å²) in [6.45, 7) is 0. The molecule has 0 spiro atoms. The molecule has 6 aromatic rings. The van der Waals surface area contributed by atoms with Crippen molar-refractivity contribution in [2.45, 2.75) is 0 Å². The standard InChI is InChI=1S/C34H26N2/c1-3-12-30(13-4-1)36(31-14-5-2-6-15-31)32-24-22-29(23-25-32)35-28-20-18-27(19-21-28)34-17-9-11-26-10-7-8-16-33(26)34/h1-25,35H. The van der Waals surface area contributed by atoms with Crippen LogP contribution in [-0.4, -0.2) is 0 Å². The molecule has 0 amide bonds. The maximum atomic E-state index is 3.55. The Bertz CT molecular complexity index is 1530. The number of nitrogens with zero attached hydrogens (tertiary/aromatic N) is 1. The van der Waals surface area contributed by atoms with Gasteiger partial charge in [-0.2, -0.15) is 0 Å². The van der Waals surface area contributed by atoms with E-state index in [-0.39, 0.29) is 0 Å². The van der Waals surface area contributed by atoms with Crippen molar-refractivity contribution in [1.29, 1.82) is 0 Å². The number of fused-ring (bicyclic) bond motifs is 1. The molecule has 0 unspecified atom stereocenters. The van der Waals surface area contributed by atoms with Crippen LogP contribution in [0.15, 0.2) is 152 Å². The van der Waals surface area contributed by atoms with Crippen molar-refractivity contribution in [3.8, 4) is 11.1 Å². The molecule has 0 saturated heterocycles. The fourth-order valence-electron chi connectivity index (χ4n) is 4.67. The minimum Gasteiger partial charge on any atom is -0.356 e. The molecule has 0 atom stereocenters. The van der Waals surface area contributed by atoms with Gasteiger partial charge in [0.1, 0.15) is 0 Å². The van der Waals surface area contributed by atoms with E-state index < -0.39 is 0 Å². The van der Waals surface area contributed by atoms with Gasteiger partial charge in [0.2, 0.25) is 0 Å². The van der Waals surface area contributed by atoms with Crippen molar-refractivity contribution >= 4 is 39.2 Å². The summed E-state index contributed by atoms with van der Waals surface area (Å²) in [5.41, 5.74) is 7.97. The monoisotopic (exact) mass is 462 g/mol. The predicted molar refractivity (Wildman–Crippen MR) is 154 cm³/mol. The first-order valence-corrected chi connectivity index (χ1v) is 12.2. The molecule has 1 N–H and O–H groups in total. The van der Waals surface area contributed by atoms with Gasteiger partial charge in [-0.15, -0.1) is 0 Å². The molecule has 0 saturated carbocycles. The third kappa shape index (κ3) is 4.45. The molecule has 6 rings (SSSR count). The van der Waals surface area contributed by atoms with Crippen LogP contribution >= 0.6 is 0 Å². The second-order valence-corrected chi connectivity index (χ2v) is 8.78. The first-order chi connectivity index (χ1) is 17.8. The van der Waals surface area contributed by atoms with Crippen LogP contribution in [0.3, 0.4) is 0 Å². The van der Waals surface area contributed by atoms with E-state index in [0.29, 0.717) is 0 Å². The molecule has 0 fully saturated rings. The summed E-state index contributed by atoms with van der Waals surface area (Å²) in [5.74, 6) is 0. The number of hydrogen-bond acceptors (Lipinski definition) is 2. The number of anilines is 5. The molecule has 6 aromatic carbocycles. The van der Waals surface area contributed by atoms with Gasteiger partial charge in [-0.1, -0.05) is 91.0 Å². The lowest BCUT2D eigenvalue weighted by molar-refractivity contribution is 1.28. The molecular weight excluding hydrogens is 436 g/mol. The average molecular weight is 463 g/mol. The van der Waals surface area contributed by atoms with Gasteiger partial charge in [0.05, 0.1) is 0 Å². The highest BCUT2D eigenvalue weighted by Gasteiger charge is 2.11. The molecule has 0 aliphatic heterocycles. The molecule has 0 aromatic heterocycles. The van der Waals surface area contributed by atoms with Crippen LogP contribution < -0.4 is 10.2 Å². The lowest BCUT2D eigenvalue weighted by Crippen LogP contribution is -2.09. The number of para-hydroxylation sites is 2. The maximum Gasteiger partial charge on any atom is 0.0463 e. The first-order valence-electron chi connectivity index (χ1n) is 12.2. The van der Waals surface area contributed by atoms with Crippen molar-refractivity contribution < 1.29 is 0 Å². The van der Waals surface area contributed by atoms with Crippen LogP contribution in [0.25, 0.3) is 21.9 Å². The van der Waals surface area contributed by atoms with Crippen LogP contribution in [0.1, 0.15) is 0 Å². The molecule has 0 aliphatic carbocycles. The van der Waals surface area contributed by atoms with Gasteiger partial charge in [-0.3, -0.25) is 0 Å². The summed E-state index contributed by atoms with van der Waals surface area (Å²) in [5, 5.41) is 6.08. The summed E-state index contributed by atoms with van der Waals surface area (Å²) in [7, 11) is 0. The Labute approximate surface area is 212 Å². The highest BCUT2D eigenvalue weighted by Crippen LogP contribution is 2.35. The van der Waals surface area contributed by atoms with E-state index in [1.807, 2.05) is 12.1 Å². The number of hydrogen-bond donors (Lipinski definition) is 1. The predicted octanol–water partition coefficient (Wildman–Crippen LogP) is 9.72. The normalized spacial score (nSPS) is 10.8. The molecule has 0 radical (unpaired) electrons. The van der Waals surface area contributed by atoms with E-state index in [9.17, 15) is 0 Å². The Morgan fingerprint density at radius 1 is 0.389 bits per heavy atom. The smallest absolute Gasteiger partial charge is 0.0463 e. The van der Waals surface area contributed by atoms with Crippen molar-refractivity contribution in [3.63, 3.8) is 0 Å². The van der Waals surface area contributed by atoms with E-state index in [1.54, 1.807) is 0 Å². The van der Waals surface area contributed by atoms with E-state index in [1.165, 1.54) is 21.9 Å². The minimum atomic E-state index is 1.05. The minimum absolute atomic E-state index is 1.05. The summed E-state index contributed by atoms with van der Waals surface area (Å²) in [4.78, 5) is 2.27. The third-order valence-corrected chi connectivity index (χ3v) is 6.43. The molecule has 36 heavy (non-hydrogen) atoms. The molecule has 0 bridgehead atoms. The Hall–Kier alpha value is -4.82. The fourth-order valence-corrected chi connectivity index (χ4v) is 4.67. The van der Waals surface area contributed by atoms with E-state index in [2.05, 4.69) is 150 Å². The third-order valence-electron chi connectivity index (χ3n) is 6.43. The lowest BCUT2D eigenvalue weighted by atomic mass is 9.98. The van der Waals surface area contributed by atoms with Gasteiger partial charge in [-0.05, 0) is 82.6 Å². The first kappa shape index (κ1) is 21.7. The number of nitrogens with one attached hydrogen (secondary N) is 1. The zero-order valence-electron chi connectivity index (χ0n) is 19.9. The number of rotatable bonds is 6. The van der Waals surface area contributed by atoms with Crippen molar-refractivity contribution in [1.82, 2.24) is 0 Å². The summed E-state index contributed by atoms with van der Waals surface area (Å²) in [6, 6.07) is 53.2. The highest BCUT2D eigenvalue weighted by molar-refractivity contribution is 5.96. The van der Waals surface area contributed by atoms with Crippen LogP contribution in [0, 0.1) is 0 Å². The number of benzene rings is 6. The quantitative estimate of drug-likeness (QED) is 0.265. The van der Waals surface area contributed by atoms with E-state index in [0.717, 1.165) is 28.4 Å². The van der Waals surface area contributed by atoms with Gasteiger partial charge in [0, 0.05) is 28.4 Å². The van der Waals surface area contributed by atoms with Crippen LogP contribution in [0.5, 0.6) is 0 Å². The van der Waals surface area contributed by atoms with Gasteiger partial charge in [-0.25, -0.2) is 0 Å². The zero-order valence-corrected chi connectivity index (χ0v) is 19.9. The summed E-state index contributed by atoms with van der Waals surface area (Å²) in [6.07, 6.45) is 0. The van der Waals surface area contributed by atoms with Crippen LogP contribution in [0.2, 0.25) is 0 Å².